The number of hydrogen-bond acceptors (Lipinski definition) is 5. The van der Waals surface area contributed by atoms with Gasteiger partial charge in [0.1, 0.15) is 18.0 Å². The minimum Gasteiger partial charge on any atom is -0.484 e. The molecule has 2 saturated heterocycles. The number of rotatable bonds is 3. The van der Waals surface area contributed by atoms with Crippen molar-refractivity contribution in [1.29, 1.82) is 0 Å². The van der Waals surface area contributed by atoms with Crippen molar-refractivity contribution in [2.45, 2.75) is 31.1 Å². The van der Waals surface area contributed by atoms with Gasteiger partial charge in [0, 0.05) is 12.8 Å². The van der Waals surface area contributed by atoms with Gasteiger partial charge in [-0.05, 0) is 36.4 Å². The van der Waals surface area contributed by atoms with Crippen LogP contribution in [0.5, 0.6) is 5.75 Å². The third kappa shape index (κ3) is 2.84. The highest BCUT2D eigenvalue weighted by Gasteiger charge is 2.47. The molecule has 23 heavy (non-hydrogen) atoms. The largest absolute Gasteiger partial charge is 0.484 e. The first-order chi connectivity index (χ1) is 11.3. The summed E-state index contributed by atoms with van der Waals surface area (Å²) in [7, 11) is 0. The summed E-state index contributed by atoms with van der Waals surface area (Å²) in [6.45, 7) is 1.29. The third-order valence-corrected chi connectivity index (χ3v) is 5.25. The average molecular weight is 330 g/mol. The highest BCUT2D eigenvalue weighted by molar-refractivity contribution is 7.12. The molecule has 4 rings (SSSR count). The molecule has 0 N–H and O–H groups in total. The molecule has 2 aromatic heterocycles. The molecule has 2 aromatic rings. The number of amides is 1. The lowest BCUT2D eigenvalue weighted by atomic mass is 10.0. The van der Waals surface area contributed by atoms with Crippen LogP contribution >= 0.6 is 11.3 Å². The SMILES string of the molecule is O=C(c1cccs1)N1C[C@@H](Oc2cccnc2)[C@H]2OCCC[C@H]21. The predicted octanol–water partition coefficient (Wildman–Crippen LogP) is 2.59. The van der Waals surface area contributed by atoms with E-state index in [0.29, 0.717) is 6.54 Å². The van der Waals surface area contributed by atoms with E-state index >= 15 is 0 Å². The molecule has 0 saturated carbocycles. The van der Waals surface area contributed by atoms with E-state index in [1.165, 1.54) is 11.3 Å². The molecule has 2 aliphatic rings. The van der Waals surface area contributed by atoms with Crippen molar-refractivity contribution in [2.75, 3.05) is 13.2 Å². The summed E-state index contributed by atoms with van der Waals surface area (Å²) >= 11 is 1.48. The molecule has 0 bridgehead atoms. The van der Waals surface area contributed by atoms with Gasteiger partial charge in [0.2, 0.25) is 0 Å². The van der Waals surface area contributed by atoms with E-state index in [9.17, 15) is 4.79 Å². The zero-order valence-electron chi connectivity index (χ0n) is 12.6. The van der Waals surface area contributed by atoms with Crippen molar-refractivity contribution < 1.29 is 14.3 Å². The lowest BCUT2D eigenvalue weighted by Gasteiger charge is -2.31. The molecule has 0 radical (unpaired) electrons. The summed E-state index contributed by atoms with van der Waals surface area (Å²) in [6.07, 6.45) is 5.15. The quantitative estimate of drug-likeness (QED) is 0.868. The lowest BCUT2D eigenvalue weighted by molar-refractivity contribution is -0.0447. The van der Waals surface area contributed by atoms with Crippen molar-refractivity contribution in [3.05, 3.63) is 46.9 Å². The number of likely N-dealkylation sites (tertiary alicyclic amines) is 1. The van der Waals surface area contributed by atoms with Crippen molar-refractivity contribution in [3.63, 3.8) is 0 Å². The number of carbonyl (C=O) groups excluding carboxylic acids is 1. The van der Waals surface area contributed by atoms with E-state index in [0.717, 1.165) is 30.1 Å². The van der Waals surface area contributed by atoms with E-state index in [1.807, 2.05) is 34.5 Å². The summed E-state index contributed by atoms with van der Waals surface area (Å²) in [5.41, 5.74) is 0. The molecule has 120 valence electrons. The lowest BCUT2D eigenvalue weighted by Crippen LogP contribution is -2.44. The van der Waals surface area contributed by atoms with Crippen LogP contribution < -0.4 is 4.74 Å². The Balaban J connectivity index is 1.56. The summed E-state index contributed by atoms with van der Waals surface area (Å²) < 4.78 is 12.0. The first kappa shape index (κ1) is 14.7. The van der Waals surface area contributed by atoms with Gasteiger partial charge in [-0.2, -0.15) is 0 Å². The molecule has 1 amide bonds. The molecule has 4 heterocycles. The van der Waals surface area contributed by atoms with Crippen molar-refractivity contribution in [3.8, 4) is 5.75 Å². The van der Waals surface area contributed by atoms with Gasteiger partial charge >= 0.3 is 0 Å². The smallest absolute Gasteiger partial charge is 0.264 e. The summed E-state index contributed by atoms with van der Waals surface area (Å²) in [6, 6.07) is 7.61. The van der Waals surface area contributed by atoms with Crippen LogP contribution in [0.3, 0.4) is 0 Å². The second-order valence-corrected chi connectivity index (χ2v) is 6.77. The highest BCUT2D eigenvalue weighted by Crippen LogP contribution is 2.33. The van der Waals surface area contributed by atoms with Gasteiger partial charge in [-0.25, -0.2) is 0 Å². The second-order valence-electron chi connectivity index (χ2n) is 5.82. The van der Waals surface area contributed by atoms with Crippen LogP contribution in [0.25, 0.3) is 0 Å². The van der Waals surface area contributed by atoms with Gasteiger partial charge in [-0.1, -0.05) is 6.07 Å². The fourth-order valence-electron chi connectivity index (χ4n) is 3.38. The van der Waals surface area contributed by atoms with Crippen LogP contribution in [-0.4, -0.2) is 47.2 Å². The Kier molecular flexibility index (Phi) is 4.01. The minimum absolute atomic E-state index is 0.0622. The van der Waals surface area contributed by atoms with Crippen LogP contribution in [0.2, 0.25) is 0 Å². The number of pyridine rings is 1. The predicted molar refractivity (Wildman–Crippen MR) is 86.8 cm³/mol. The van der Waals surface area contributed by atoms with E-state index in [2.05, 4.69) is 4.98 Å². The van der Waals surface area contributed by atoms with E-state index < -0.39 is 0 Å². The number of carbonyl (C=O) groups is 1. The second kappa shape index (κ2) is 6.29. The normalized spacial score (nSPS) is 26.8. The van der Waals surface area contributed by atoms with E-state index in [-0.39, 0.29) is 24.2 Å². The average Bonchev–Trinajstić information content (AvgIpc) is 3.24. The van der Waals surface area contributed by atoms with E-state index in [4.69, 9.17) is 9.47 Å². The minimum atomic E-state index is -0.145. The summed E-state index contributed by atoms with van der Waals surface area (Å²) in [5, 5.41) is 1.93. The molecule has 0 aromatic carbocycles. The van der Waals surface area contributed by atoms with Gasteiger partial charge in [0.15, 0.2) is 0 Å². The van der Waals surface area contributed by atoms with Crippen molar-refractivity contribution >= 4 is 17.2 Å². The molecule has 0 spiro atoms. The van der Waals surface area contributed by atoms with Crippen LogP contribution in [-0.2, 0) is 4.74 Å². The molecule has 0 unspecified atom stereocenters. The molecule has 5 nitrogen and oxygen atoms in total. The number of fused-ring (bicyclic) bond motifs is 1. The molecule has 2 fully saturated rings. The maximum Gasteiger partial charge on any atom is 0.264 e. The van der Waals surface area contributed by atoms with Crippen LogP contribution in [0.4, 0.5) is 0 Å². The number of thiophene rings is 1. The topological polar surface area (TPSA) is 51.7 Å². The molecular weight excluding hydrogens is 312 g/mol. The maximum atomic E-state index is 12.8. The van der Waals surface area contributed by atoms with Gasteiger partial charge < -0.3 is 14.4 Å². The Morgan fingerprint density at radius 2 is 2.35 bits per heavy atom. The van der Waals surface area contributed by atoms with Crippen LogP contribution in [0, 0.1) is 0 Å². The van der Waals surface area contributed by atoms with Gasteiger partial charge in [0.25, 0.3) is 5.91 Å². The molecule has 0 aliphatic carbocycles. The summed E-state index contributed by atoms with van der Waals surface area (Å²) in [4.78, 5) is 19.6. The Hall–Kier alpha value is -1.92. The van der Waals surface area contributed by atoms with Crippen LogP contribution in [0.1, 0.15) is 22.5 Å². The Morgan fingerprint density at radius 3 is 3.13 bits per heavy atom. The molecule has 3 atom stereocenters. The number of nitrogens with zero attached hydrogens (tertiary/aromatic N) is 2. The maximum absolute atomic E-state index is 12.8. The highest BCUT2D eigenvalue weighted by atomic mass is 32.1. The van der Waals surface area contributed by atoms with Crippen molar-refractivity contribution in [2.24, 2.45) is 0 Å². The zero-order valence-corrected chi connectivity index (χ0v) is 13.4. The van der Waals surface area contributed by atoms with Gasteiger partial charge in [-0.15, -0.1) is 11.3 Å². The first-order valence-corrected chi connectivity index (χ1v) is 8.73. The fourth-order valence-corrected chi connectivity index (χ4v) is 4.06. The Bertz CT molecular complexity index is 662. The van der Waals surface area contributed by atoms with Crippen LogP contribution in [0.15, 0.2) is 42.0 Å². The number of ether oxygens (including phenoxy) is 2. The standard InChI is InChI=1S/C17H18N2O3S/c20-17(15-6-3-9-23-15)19-11-14(16-13(19)5-2-8-21-16)22-12-4-1-7-18-10-12/h1,3-4,6-7,9-10,13-14,16H,2,5,8,11H2/t13-,14-,16+/m1/s1. The Morgan fingerprint density at radius 1 is 1.39 bits per heavy atom. The number of hydrogen-bond donors (Lipinski definition) is 0. The van der Waals surface area contributed by atoms with E-state index in [1.54, 1.807) is 12.4 Å². The van der Waals surface area contributed by atoms with Gasteiger partial charge in [0.05, 0.1) is 23.7 Å². The first-order valence-electron chi connectivity index (χ1n) is 7.86. The monoisotopic (exact) mass is 330 g/mol. The van der Waals surface area contributed by atoms with Crippen molar-refractivity contribution in [1.82, 2.24) is 9.88 Å². The molecule has 2 aliphatic heterocycles. The fraction of sp³-hybridized carbons (Fsp3) is 0.412. The van der Waals surface area contributed by atoms with Gasteiger partial charge in [-0.3, -0.25) is 9.78 Å². The zero-order chi connectivity index (χ0) is 15.6. The third-order valence-electron chi connectivity index (χ3n) is 4.39. The number of aromatic nitrogens is 1. The summed E-state index contributed by atoms with van der Waals surface area (Å²) in [5.74, 6) is 0.800. The molecular formula is C17H18N2O3S. The molecule has 6 heteroatoms. The Labute approximate surface area is 138 Å².